The van der Waals surface area contributed by atoms with Crippen molar-refractivity contribution < 1.29 is 9.90 Å². The molecule has 0 radical (unpaired) electrons. The molecular weight excluding hydrogens is 268 g/mol. The van der Waals surface area contributed by atoms with E-state index >= 15 is 0 Å². The van der Waals surface area contributed by atoms with Crippen molar-refractivity contribution in [2.24, 2.45) is 5.41 Å². The normalized spacial score (nSPS) is 22.1. The summed E-state index contributed by atoms with van der Waals surface area (Å²) in [5.74, 6) is 0.481. The molecule has 2 heterocycles. The van der Waals surface area contributed by atoms with Crippen LogP contribution in [-0.4, -0.2) is 52.1 Å². The van der Waals surface area contributed by atoms with Crippen LogP contribution in [0, 0.1) is 5.41 Å². The van der Waals surface area contributed by atoms with Crippen molar-refractivity contribution in [1.29, 1.82) is 0 Å². The largest absolute Gasteiger partial charge is 0.396 e. The number of likely N-dealkylation sites (tertiary alicyclic amines) is 1. The summed E-state index contributed by atoms with van der Waals surface area (Å²) in [7, 11) is 0. The van der Waals surface area contributed by atoms with E-state index in [2.05, 4.69) is 22.2 Å². The van der Waals surface area contributed by atoms with Crippen LogP contribution < -0.4 is 5.32 Å². The molecule has 1 aromatic rings. The second kappa shape index (κ2) is 6.85. The number of hydrogen-bond acceptors (Lipinski definition) is 5. The van der Waals surface area contributed by atoms with Crippen LogP contribution in [0.3, 0.4) is 0 Å². The summed E-state index contributed by atoms with van der Waals surface area (Å²) in [4.78, 5) is 22.6. The Kier molecular flexibility index (Phi) is 5.12. The third kappa shape index (κ3) is 3.50. The van der Waals surface area contributed by atoms with E-state index in [1.165, 1.54) is 0 Å². The predicted molar refractivity (Wildman–Crippen MR) is 81.1 cm³/mol. The Bertz CT molecular complexity index is 471. The van der Waals surface area contributed by atoms with Gasteiger partial charge < -0.3 is 15.3 Å². The number of hydrogen-bond donors (Lipinski definition) is 2. The molecule has 1 amide bonds. The van der Waals surface area contributed by atoms with E-state index in [-0.39, 0.29) is 17.9 Å². The lowest BCUT2D eigenvalue weighted by atomic mass is 9.78. The summed E-state index contributed by atoms with van der Waals surface area (Å²) in [6, 6.07) is 0. The maximum Gasteiger partial charge on any atom is 0.257 e. The van der Waals surface area contributed by atoms with Crippen LogP contribution in [0.15, 0.2) is 12.4 Å². The lowest BCUT2D eigenvalue weighted by Gasteiger charge is -2.41. The minimum atomic E-state index is -0.154. The zero-order valence-corrected chi connectivity index (χ0v) is 12.8. The first-order valence-corrected chi connectivity index (χ1v) is 7.60. The minimum absolute atomic E-state index is 0.0518. The smallest absolute Gasteiger partial charge is 0.257 e. The van der Waals surface area contributed by atoms with E-state index in [0.717, 1.165) is 32.4 Å². The average Bonchev–Trinajstić information content (AvgIpc) is 2.55. The van der Waals surface area contributed by atoms with Gasteiger partial charge in [0.1, 0.15) is 0 Å². The minimum Gasteiger partial charge on any atom is -0.396 e. The number of anilines is 1. The number of aliphatic hydroxyl groups excluding tert-OH is 1. The third-order valence-corrected chi connectivity index (χ3v) is 4.27. The maximum atomic E-state index is 12.5. The van der Waals surface area contributed by atoms with E-state index in [1.54, 1.807) is 12.4 Å². The molecule has 116 valence electrons. The Hall–Kier alpha value is -1.69. The highest BCUT2D eigenvalue weighted by molar-refractivity contribution is 5.93. The molecule has 1 aliphatic heterocycles. The lowest BCUT2D eigenvalue weighted by molar-refractivity contribution is 0.0251. The standard InChI is InChI=1S/C15H24N4O2/c1-3-15(11-20)6-5-7-19(10-15)13(21)12-8-17-14(16-4-2)18-9-12/h8-9,20H,3-7,10-11H2,1-2H3,(H,16,17,18)/t15-/m0/s1. The molecule has 1 aromatic heterocycles. The highest BCUT2D eigenvalue weighted by Gasteiger charge is 2.35. The fourth-order valence-electron chi connectivity index (χ4n) is 2.78. The molecule has 1 fully saturated rings. The summed E-state index contributed by atoms with van der Waals surface area (Å²) in [5.41, 5.74) is 0.347. The maximum absolute atomic E-state index is 12.5. The van der Waals surface area contributed by atoms with Gasteiger partial charge in [-0.3, -0.25) is 4.79 Å². The zero-order valence-electron chi connectivity index (χ0n) is 12.8. The Morgan fingerprint density at radius 2 is 2.14 bits per heavy atom. The number of nitrogens with zero attached hydrogens (tertiary/aromatic N) is 3. The number of aromatic nitrogens is 2. The van der Waals surface area contributed by atoms with Gasteiger partial charge in [0.05, 0.1) is 12.2 Å². The van der Waals surface area contributed by atoms with E-state index in [0.29, 0.717) is 18.1 Å². The van der Waals surface area contributed by atoms with Crippen molar-refractivity contribution in [3.05, 3.63) is 18.0 Å². The Morgan fingerprint density at radius 1 is 1.43 bits per heavy atom. The number of amides is 1. The van der Waals surface area contributed by atoms with Crippen molar-refractivity contribution in [2.75, 3.05) is 31.6 Å². The van der Waals surface area contributed by atoms with Crippen molar-refractivity contribution in [1.82, 2.24) is 14.9 Å². The van der Waals surface area contributed by atoms with E-state index in [9.17, 15) is 9.90 Å². The highest BCUT2D eigenvalue weighted by Crippen LogP contribution is 2.33. The molecule has 0 aromatic carbocycles. The molecule has 0 bridgehead atoms. The van der Waals surface area contributed by atoms with Gasteiger partial charge in [0, 0.05) is 37.4 Å². The van der Waals surface area contributed by atoms with Gasteiger partial charge >= 0.3 is 0 Å². The second-order valence-corrected chi connectivity index (χ2v) is 5.67. The van der Waals surface area contributed by atoms with Gasteiger partial charge in [-0.25, -0.2) is 9.97 Å². The van der Waals surface area contributed by atoms with Gasteiger partial charge in [-0.05, 0) is 26.2 Å². The molecule has 0 unspecified atom stereocenters. The van der Waals surface area contributed by atoms with Crippen molar-refractivity contribution in [3.8, 4) is 0 Å². The van der Waals surface area contributed by atoms with E-state index in [1.807, 2.05) is 11.8 Å². The molecular formula is C15H24N4O2. The monoisotopic (exact) mass is 292 g/mol. The first-order valence-electron chi connectivity index (χ1n) is 7.60. The van der Waals surface area contributed by atoms with Crippen LogP contribution in [-0.2, 0) is 0 Å². The second-order valence-electron chi connectivity index (χ2n) is 5.67. The van der Waals surface area contributed by atoms with Crippen molar-refractivity contribution >= 4 is 11.9 Å². The molecule has 1 saturated heterocycles. The first kappa shape index (κ1) is 15.7. The fourth-order valence-corrected chi connectivity index (χ4v) is 2.78. The Labute approximate surface area is 125 Å². The van der Waals surface area contributed by atoms with E-state index < -0.39 is 0 Å². The van der Waals surface area contributed by atoms with Crippen LogP contribution in [0.2, 0.25) is 0 Å². The predicted octanol–water partition coefficient (Wildman–Crippen LogP) is 1.53. The highest BCUT2D eigenvalue weighted by atomic mass is 16.3. The number of rotatable bonds is 5. The van der Waals surface area contributed by atoms with Gasteiger partial charge in [-0.2, -0.15) is 0 Å². The Balaban J connectivity index is 2.08. The zero-order chi connectivity index (χ0) is 15.3. The van der Waals surface area contributed by atoms with Crippen LogP contribution in [0.25, 0.3) is 0 Å². The summed E-state index contributed by atoms with van der Waals surface area (Å²) in [6.07, 6.45) is 5.91. The SMILES string of the molecule is CCNc1ncc(C(=O)N2CCC[C@](CC)(CO)C2)cn1. The summed E-state index contributed by atoms with van der Waals surface area (Å²) in [5, 5.41) is 12.6. The van der Waals surface area contributed by atoms with Crippen molar-refractivity contribution in [3.63, 3.8) is 0 Å². The number of carbonyl (C=O) groups is 1. The van der Waals surface area contributed by atoms with Crippen LogP contribution in [0.5, 0.6) is 0 Å². The molecule has 0 saturated carbocycles. The van der Waals surface area contributed by atoms with Gasteiger partial charge in [-0.15, -0.1) is 0 Å². The topological polar surface area (TPSA) is 78.4 Å². The number of nitrogens with one attached hydrogen (secondary N) is 1. The lowest BCUT2D eigenvalue weighted by Crippen LogP contribution is -2.47. The fraction of sp³-hybridized carbons (Fsp3) is 0.667. The summed E-state index contributed by atoms with van der Waals surface area (Å²) >= 11 is 0. The van der Waals surface area contributed by atoms with Gasteiger partial charge in [0.15, 0.2) is 0 Å². The quantitative estimate of drug-likeness (QED) is 0.860. The first-order chi connectivity index (χ1) is 10.1. The number of aliphatic hydroxyl groups is 1. The van der Waals surface area contributed by atoms with Gasteiger partial charge in [-0.1, -0.05) is 6.92 Å². The molecule has 21 heavy (non-hydrogen) atoms. The summed E-state index contributed by atoms with van der Waals surface area (Å²) in [6.45, 7) is 6.25. The molecule has 1 aliphatic rings. The Morgan fingerprint density at radius 3 is 2.71 bits per heavy atom. The van der Waals surface area contributed by atoms with Crippen molar-refractivity contribution in [2.45, 2.75) is 33.1 Å². The average molecular weight is 292 g/mol. The molecule has 2 rings (SSSR count). The summed E-state index contributed by atoms with van der Waals surface area (Å²) < 4.78 is 0. The molecule has 6 nitrogen and oxygen atoms in total. The van der Waals surface area contributed by atoms with Crippen LogP contribution in [0.4, 0.5) is 5.95 Å². The number of carbonyl (C=O) groups excluding carboxylic acids is 1. The van der Waals surface area contributed by atoms with E-state index in [4.69, 9.17) is 0 Å². The van der Waals surface area contributed by atoms with Gasteiger partial charge in [0.25, 0.3) is 5.91 Å². The molecule has 1 atom stereocenters. The third-order valence-electron chi connectivity index (χ3n) is 4.27. The number of piperidine rings is 1. The van der Waals surface area contributed by atoms with Crippen LogP contribution >= 0.6 is 0 Å². The van der Waals surface area contributed by atoms with Crippen LogP contribution in [0.1, 0.15) is 43.5 Å². The molecule has 6 heteroatoms. The molecule has 0 spiro atoms. The molecule has 2 N–H and O–H groups in total. The molecule has 0 aliphatic carbocycles. The van der Waals surface area contributed by atoms with Gasteiger partial charge in [0.2, 0.25) is 5.95 Å².